The second-order valence-electron chi connectivity index (χ2n) is 15.7. The molecule has 0 unspecified atom stereocenters. The number of ether oxygens (including phenoxy) is 2. The number of nitrogens with one attached hydrogen (secondary N) is 2. The summed E-state index contributed by atoms with van der Waals surface area (Å²) in [4.78, 5) is 41.3. The van der Waals surface area contributed by atoms with E-state index in [9.17, 15) is 23.3 Å². The van der Waals surface area contributed by atoms with Gasteiger partial charge in [-0.2, -0.15) is 0 Å². The van der Waals surface area contributed by atoms with Gasteiger partial charge < -0.3 is 19.4 Å². The Morgan fingerprint density at radius 3 is 2.56 bits per heavy atom. The Morgan fingerprint density at radius 1 is 1.05 bits per heavy atom. The summed E-state index contributed by atoms with van der Waals surface area (Å²) in [6.07, 6.45) is 13.3. The highest BCUT2D eigenvalue weighted by atomic mass is 32.2. The van der Waals surface area contributed by atoms with Crippen molar-refractivity contribution in [2.75, 3.05) is 50.0 Å². The third-order valence-corrected chi connectivity index (χ3v) is 14.6. The van der Waals surface area contributed by atoms with Crippen LogP contribution in [0.3, 0.4) is 0 Å². The fourth-order valence-corrected chi connectivity index (χ4v) is 10.7. The molecule has 8 rings (SSSR count). The molecule has 55 heavy (non-hydrogen) atoms. The average molecular weight is 790 g/mol. The van der Waals surface area contributed by atoms with Crippen LogP contribution in [0.1, 0.15) is 68.6 Å². The van der Waals surface area contributed by atoms with E-state index in [4.69, 9.17) is 9.47 Å². The molecule has 2 saturated carbocycles. The van der Waals surface area contributed by atoms with Crippen LogP contribution in [-0.2, 0) is 14.8 Å². The molecule has 4 aliphatic rings. The largest absolute Gasteiger partial charge is 0.455 e. The van der Waals surface area contributed by atoms with Crippen molar-refractivity contribution in [3.05, 3.63) is 70.7 Å². The molecule has 292 valence electrons. The number of amides is 1. The maximum atomic E-state index is 13.8. The van der Waals surface area contributed by atoms with Gasteiger partial charge in [0.15, 0.2) is 5.03 Å². The van der Waals surface area contributed by atoms with Crippen molar-refractivity contribution in [2.24, 2.45) is 17.3 Å². The number of pyridine rings is 2. The molecule has 1 aromatic carbocycles. The number of carbonyl (C=O) groups excluding carboxylic acids is 1. The van der Waals surface area contributed by atoms with E-state index in [1.54, 1.807) is 24.4 Å². The number of aromatic amines is 1. The molecular weight excluding hydrogens is 743 g/mol. The van der Waals surface area contributed by atoms with E-state index in [1.807, 2.05) is 12.1 Å². The second kappa shape index (κ2) is 15.7. The number of thioether (sulfide) groups is 1. The molecule has 1 spiro atoms. The summed E-state index contributed by atoms with van der Waals surface area (Å²) < 4.78 is 41.1. The zero-order chi connectivity index (χ0) is 38.2. The lowest BCUT2D eigenvalue weighted by Gasteiger charge is -2.56. The Hall–Kier alpha value is -4.25. The smallest absolute Gasteiger partial charge is 0.302 e. The molecule has 2 aliphatic heterocycles. The summed E-state index contributed by atoms with van der Waals surface area (Å²) >= 11 is 1.27. The summed E-state index contributed by atoms with van der Waals surface area (Å²) in [7, 11) is -4.55. The molecular formula is C39H47N7O7S2. The number of carbonyl (C=O) groups is 1. The molecule has 4 fully saturated rings. The number of nitrogens with zero attached hydrogens (tertiary/aromatic N) is 5. The van der Waals surface area contributed by atoms with E-state index in [-0.39, 0.29) is 16.3 Å². The lowest BCUT2D eigenvalue weighted by Crippen LogP contribution is -2.57. The van der Waals surface area contributed by atoms with Crippen LogP contribution in [0, 0.1) is 27.4 Å². The zero-order valence-electron chi connectivity index (χ0n) is 30.9. The molecule has 4 aromatic rings. The number of hydrogen-bond donors (Lipinski definition) is 2. The van der Waals surface area contributed by atoms with Crippen molar-refractivity contribution >= 4 is 50.1 Å². The standard InChI is InChI=1S/C39H47N7O7S2/c1-26-2-4-27(5-3-26)25-54-38-34(46(48)49)20-32(24-42-38)55(50,51)43-37(47)33-7-6-29(19-35(33)53-31-18-28-8-11-40-36(28)41-23-31)44-12-9-39(10-13-44)21-30(22-39)45-14-16-52-17-15-45/h6-8,11,18-20,23-24,26-27,30H,2-5,9-10,12-17,21-22,25H2,1H3,(H,40,41)(H,43,47). The van der Waals surface area contributed by atoms with Gasteiger partial charge in [-0.15, -0.1) is 0 Å². The van der Waals surface area contributed by atoms with Crippen LogP contribution in [0.25, 0.3) is 11.0 Å². The number of aromatic nitrogens is 3. The first-order chi connectivity index (χ1) is 26.5. The molecule has 2 N–H and O–H groups in total. The lowest BCUT2D eigenvalue weighted by atomic mass is 9.60. The van der Waals surface area contributed by atoms with Crippen LogP contribution >= 0.6 is 11.8 Å². The Balaban J connectivity index is 0.991. The number of sulfonamides is 1. The van der Waals surface area contributed by atoms with E-state index < -0.39 is 31.4 Å². The topological polar surface area (TPSA) is 173 Å². The van der Waals surface area contributed by atoms with Gasteiger partial charge in [0, 0.05) is 73.6 Å². The minimum absolute atomic E-state index is 0.0150. The molecule has 5 heterocycles. The molecule has 2 aliphatic carbocycles. The SMILES string of the molecule is CC1CCC(CSc2ncc(S(=O)(=O)NC(=O)c3ccc(N4CCC5(CC4)CC(N4CCOCC4)C5)cc3Oc3cnc4[nH]ccc4c3)cc2[N+](=O)[O-])CC1. The maximum absolute atomic E-state index is 13.8. The van der Waals surface area contributed by atoms with Gasteiger partial charge in [-0.25, -0.2) is 23.1 Å². The van der Waals surface area contributed by atoms with Crippen LogP contribution < -0.4 is 14.4 Å². The third-order valence-electron chi connectivity index (χ3n) is 12.0. The number of hydrogen-bond acceptors (Lipinski definition) is 12. The Bertz CT molecular complexity index is 2150. The van der Waals surface area contributed by atoms with Gasteiger partial charge in [0.05, 0.1) is 29.9 Å². The van der Waals surface area contributed by atoms with Gasteiger partial charge in [-0.3, -0.25) is 19.8 Å². The molecule has 14 nitrogen and oxygen atoms in total. The summed E-state index contributed by atoms with van der Waals surface area (Å²) in [6.45, 7) is 7.57. The molecule has 16 heteroatoms. The fourth-order valence-electron chi connectivity index (χ4n) is 8.61. The first-order valence-electron chi connectivity index (χ1n) is 19.2. The number of morpholine rings is 1. The van der Waals surface area contributed by atoms with E-state index in [0.29, 0.717) is 40.4 Å². The van der Waals surface area contributed by atoms with Gasteiger partial charge in [-0.05, 0) is 80.0 Å². The normalized spacial score (nSPS) is 22.0. The van der Waals surface area contributed by atoms with E-state index in [1.165, 1.54) is 30.8 Å². The third kappa shape index (κ3) is 8.32. The predicted molar refractivity (Wildman–Crippen MR) is 209 cm³/mol. The van der Waals surface area contributed by atoms with Gasteiger partial charge in [0.2, 0.25) is 0 Å². The van der Waals surface area contributed by atoms with Crippen molar-refractivity contribution < 1.29 is 27.6 Å². The summed E-state index contributed by atoms with van der Waals surface area (Å²) in [5.74, 6) is 1.37. The van der Waals surface area contributed by atoms with Crippen LogP contribution in [-0.4, -0.2) is 90.3 Å². The lowest BCUT2D eigenvalue weighted by molar-refractivity contribution is -0.388. The minimum atomic E-state index is -4.55. The highest BCUT2D eigenvalue weighted by Gasteiger charge is 2.48. The Labute approximate surface area is 325 Å². The van der Waals surface area contributed by atoms with Gasteiger partial charge >= 0.3 is 5.69 Å². The second-order valence-corrected chi connectivity index (χ2v) is 18.4. The number of fused-ring (bicyclic) bond motifs is 1. The molecule has 2 saturated heterocycles. The highest BCUT2D eigenvalue weighted by Crippen LogP contribution is 2.51. The van der Waals surface area contributed by atoms with E-state index >= 15 is 0 Å². The minimum Gasteiger partial charge on any atom is -0.455 e. The summed E-state index contributed by atoms with van der Waals surface area (Å²) in [5.41, 5.74) is 1.46. The Kier molecular flexibility index (Phi) is 10.8. The molecule has 0 atom stereocenters. The number of anilines is 1. The van der Waals surface area contributed by atoms with Crippen molar-refractivity contribution in [1.29, 1.82) is 0 Å². The highest BCUT2D eigenvalue weighted by molar-refractivity contribution is 7.99. The molecule has 0 radical (unpaired) electrons. The average Bonchev–Trinajstić information content (AvgIpc) is 3.65. The van der Waals surface area contributed by atoms with Gasteiger partial charge in [-0.1, -0.05) is 31.5 Å². The number of H-pyrrole nitrogens is 1. The van der Waals surface area contributed by atoms with Gasteiger partial charge in [0.25, 0.3) is 15.9 Å². The maximum Gasteiger partial charge on any atom is 0.302 e. The molecule has 3 aromatic heterocycles. The Morgan fingerprint density at radius 2 is 1.82 bits per heavy atom. The quantitative estimate of drug-likeness (QED) is 0.0929. The van der Waals surface area contributed by atoms with Crippen molar-refractivity contribution in [1.82, 2.24) is 24.6 Å². The van der Waals surface area contributed by atoms with E-state index in [2.05, 4.69) is 36.4 Å². The van der Waals surface area contributed by atoms with E-state index in [0.717, 1.165) is 101 Å². The number of benzene rings is 1. The van der Waals surface area contributed by atoms with Crippen LogP contribution in [0.2, 0.25) is 0 Å². The first kappa shape index (κ1) is 37.7. The van der Waals surface area contributed by atoms with Crippen LogP contribution in [0.4, 0.5) is 11.4 Å². The van der Waals surface area contributed by atoms with Crippen molar-refractivity contribution in [3.8, 4) is 11.5 Å². The van der Waals surface area contributed by atoms with Crippen LogP contribution in [0.5, 0.6) is 11.5 Å². The molecule has 1 amide bonds. The van der Waals surface area contributed by atoms with Gasteiger partial charge in [0.1, 0.15) is 22.0 Å². The monoisotopic (exact) mass is 789 g/mol. The number of rotatable bonds is 11. The summed E-state index contributed by atoms with van der Waals surface area (Å²) in [5, 5.41) is 13.0. The first-order valence-corrected chi connectivity index (χ1v) is 21.7. The summed E-state index contributed by atoms with van der Waals surface area (Å²) in [6, 6.07) is 10.4. The number of piperidine rings is 1. The van der Waals surface area contributed by atoms with Crippen molar-refractivity contribution in [2.45, 2.75) is 74.3 Å². The van der Waals surface area contributed by atoms with Crippen LogP contribution in [0.15, 0.2) is 64.9 Å². The number of nitro groups is 1. The van der Waals surface area contributed by atoms with Crippen molar-refractivity contribution in [3.63, 3.8) is 0 Å². The predicted octanol–water partition coefficient (Wildman–Crippen LogP) is 6.78. The molecule has 0 bridgehead atoms. The fraction of sp³-hybridized carbons (Fsp3) is 0.513. The zero-order valence-corrected chi connectivity index (χ0v) is 32.6.